The van der Waals surface area contributed by atoms with E-state index in [0.29, 0.717) is 17.5 Å². The molecule has 4 heterocycles. The van der Waals surface area contributed by atoms with Crippen molar-refractivity contribution in [3.63, 3.8) is 0 Å². The van der Waals surface area contributed by atoms with Crippen molar-refractivity contribution in [3.05, 3.63) is 314 Å². The lowest BCUT2D eigenvalue weighted by atomic mass is 9.81. The maximum absolute atomic E-state index is 6.00. The van der Waals surface area contributed by atoms with Crippen molar-refractivity contribution in [2.45, 2.75) is 13.8 Å². The molecule has 0 radical (unpaired) electrons. The molecule has 0 spiro atoms. The Morgan fingerprint density at radius 2 is 0.636 bits per heavy atom. The zero-order valence-corrected chi connectivity index (χ0v) is 48.6. The molecule has 0 aliphatic heterocycles. The lowest BCUT2D eigenvalue weighted by Gasteiger charge is -2.24. The fourth-order valence-corrected chi connectivity index (χ4v) is 13.0. The molecule has 0 amide bonds. The van der Waals surface area contributed by atoms with E-state index in [-0.39, 0.29) is 0 Å². The fourth-order valence-electron chi connectivity index (χ4n) is 13.0. The molecular weight excluding hydrogens is 1070 g/mol. The number of para-hydroxylation sites is 2. The molecule has 16 rings (SSSR count). The van der Waals surface area contributed by atoms with E-state index in [1.165, 1.54) is 32.7 Å². The molecule has 0 N–H and O–H groups in total. The van der Waals surface area contributed by atoms with Crippen LogP contribution in [0.4, 0.5) is 0 Å². The molecule has 0 fully saturated rings. The smallest absolute Gasteiger partial charge is 0.164 e. The predicted molar refractivity (Wildman–Crippen MR) is 365 cm³/mol. The summed E-state index contributed by atoms with van der Waals surface area (Å²) < 4.78 is 4.77. The summed E-state index contributed by atoms with van der Waals surface area (Å²) in [6.45, 7) is 4.33. The SMILES string of the molecule is Cc1ccc2c(c1)c1ccccc1n2-c1ccc(-c2cc(-c3ccccc3-c3nc(-c4ccccc4)nc(-c4ccccc4)n3)c(-c3c(-c4ccccc4)cccc3-c3ccccc3)c(-c3ccc(-n4c5ccccc5c5cc(C)ccc54)cc3)n2)cc1. The van der Waals surface area contributed by atoms with Gasteiger partial charge >= 0.3 is 0 Å². The van der Waals surface area contributed by atoms with Gasteiger partial charge in [-0.3, -0.25) is 0 Å². The van der Waals surface area contributed by atoms with E-state index in [2.05, 4.69) is 290 Å². The number of hydrogen-bond acceptors (Lipinski definition) is 4. The van der Waals surface area contributed by atoms with Crippen LogP contribution >= 0.6 is 0 Å². The van der Waals surface area contributed by atoms with E-state index in [9.17, 15) is 0 Å². The summed E-state index contributed by atoms with van der Waals surface area (Å²) in [5.41, 5.74) is 23.8. The van der Waals surface area contributed by atoms with Crippen molar-refractivity contribution in [1.29, 1.82) is 0 Å². The highest BCUT2D eigenvalue weighted by atomic mass is 15.0. The van der Waals surface area contributed by atoms with Crippen molar-refractivity contribution in [3.8, 4) is 113 Å². The van der Waals surface area contributed by atoms with Crippen LogP contribution < -0.4 is 0 Å². The quantitative estimate of drug-likeness (QED) is 0.129. The van der Waals surface area contributed by atoms with Gasteiger partial charge < -0.3 is 9.13 Å². The summed E-state index contributed by atoms with van der Waals surface area (Å²) in [6, 6.07) is 108. The van der Waals surface area contributed by atoms with E-state index in [1.54, 1.807) is 0 Å². The monoisotopic (exact) mass is 1120 g/mol. The predicted octanol–water partition coefficient (Wildman–Crippen LogP) is 21.1. The summed E-state index contributed by atoms with van der Waals surface area (Å²) in [6.07, 6.45) is 0. The zero-order chi connectivity index (χ0) is 58.7. The van der Waals surface area contributed by atoms with Gasteiger partial charge in [0.15, 0.2) is 17.5 Å². The number of benzene rings is 12. The van der Waals surface area contributed by atoms with Gasteiger partial charge in [0.25, 0.3) is 0 Å². The van der Waals surface area contributed by atoms with Gasteiger partial charge in [-0.05, 0) is 114 Å². The molecule has 12 aromatic carbocycles. The van der Waals surface area contributed by atoms with Crippen molar-refractivity contribution in [1.82, 2.24) is 29.1 Å². The first-order valence-corrected chi connectivity index (χ1v) is 29.9. The largest absolute Gasteiger partial charge is 0.309 e. The Labute approximate surface area is 510 Å². The molecule has 0 atom stereocenters. The van der Waals surface area contributed by atoms with Crippen molar-refractivity contribution in [2.24, 2.45) is 0 Å². The molecule has 4 aromatic heterocycles. The Hall–Kier alpha value is -11.6. The molecule has 88 heavy (non-hydrogen) atoms. The molecule has 16 aromatic rings. The second kappa shape index (κ2) is 21.8. The highest BCUT2D eigenvalue weighted by Gasteiger charge is 2.27. The average Bonchev–Trinajstić information content (AvgIpc) is 1.61. The summed E-state index contributed by atoms with van der Waals surface area (Å²) in [4.78, 5) is 22.0. The fraction of sp³-hybridized carbons (Fsp3) is 0.0244. The molecule has 0 aliphatic rings. The van der Waals surface area contributed by atoms with Gasteiger partial charge in [0.1, 0.15) is 0 Å². The Bertz CT molecular complexity index is 5190. The molecule has 6 nitrogen and oxygen atoms in total. The third-order valence-corrected chi connectivity index (χ3v) is 17.1. The third-order valence-electron chi connectivity index (χ3n) is 17.1. The van der Waals surface area contributed by atoms with Gasteiger partial charge in [-0.2, -0.15) is 0 Å². The van der Waals surface area contributed by atoms with Gasteiger partial charge in [0.2, 0.25) is 0 Å². The molecular formula is C82H56N6. The summed E-state index contributed by atoms with van der Waals surface area (Å²) in [7, 11) is 0. The third kappa shape index (κ3) is 9.14. The molecule has 0 saturated carbocycles. The lowest BCUT2D eigenvalue weighted by Crippen LogP contribution is -2.03. The molecule has 6 heteroatoms. The van der Waals surface area contributed by atoms with Crippen LogP contribution in [0.15, 0.2) is 303 Å². The van der Waals surface area contributed by atoms with Gasteiger partial charge in [-0.1, -0.05) is 248 Å². The summed E-state index contributed by atoms with van der Waals surface area (Å²) in [5.74, 6) is 1.74. The van der Waals surface area contributed by atoms with E-state index in [1.807, 2.05) is 36.4 Å². The van der Waals surface area contributed by atoms with Crippen LogP contribution in [0.25, 0.3) is 156 Å². The van der Waals surface area contributed by atoms with Crippen LogP contribution in [0.5, 0.6) is 0 Å². The minimum absolute atomic E-state index is 0.560. The Morgan fingerprint density at radius 3 is 1.14 bits per heavy atom. The van der Waals surface area contributed by atoms with E-state index in [0.717, 1.165) is 117 Å². The summed E-state index contributed by atoms with van der Waals surface area (Å²) >= 11 is 0. The van der Waals surface area contributed by atoms with Crippen LogP contribution in [0, 0.1) is 13.8 Å². The zero-order valence-electron chi connectivity index (χ0n) is 48.6. The summed E-state index contributed by atoms with van der Waals surface area (Å²) in [5, 5.41) is 4.92. The number of aromatic nitrogens is 6. The first kappa shape index (κ1) is 52.0. The second-order valence-electron chi connectivity index (χ2n) is 22.7. The number of fused-ring (bicyclic) bond motifs is 6. The first-order valence-electron chi connectivity index (χ1n) is 29.9. The van der Waals surface area contributed by atoms with Crippen molar-refractivity contribution < 1.29 is 0 Å². The average molecular weight is 1130 g/mol. The van der Waals surface area contributed by atoms with Crippen LogP contribution in [-0.4, -0.2) is 29.1 Å². The number of aryl methyl sites for hydroxylation is 2. The number of nitrogens with zero attached hydrogens (tertiary/aromatic N) is 6. The Balaban J connectivity index is 0.998. The van der Waals surface area contributed by atoms with E-state index in [4.69, 9.17) is 19.9 Å². The van der Waals surface area contributed by atoms with Gasteiger partial charge in [0, 0.05) is 71.9 Å². The first-order chi connectivity index (χ1) is 43.5. The molecule has 0 saturated heterocycles. The number of hydrogen-bond donors (Lipinski definition) is 0. The van der Waals surface area contributed by atoms with Crippen molar-refractivity contribution >= 4 is 43.6 Å². The topological polar surface area (TPSA) is 61.4 Å². The van der Waals surface area contributed by atoms with Gasteiger partial charge in [-0.25, -0.2) is 19.9 Å². The normalized spacial score (nSPS) is 11.5. The standard InChI is InChI=1S/C82H56N6/c1-53-38-48-75-69(50-53)66-31-17-19-36-73(66)87(75)61-44-40-57(41-45-61)72-52-71(65-30-15-16-33-68(65)82-85-80(59-26-11-5-12-27-59)84-81(86-82)60-28-13-6-14-29-60)78(77-63(55-22-7-3-8-23-55)34-21-35-64(77)56-24-9-4-10-25-56)79(83-72)58-42-46-62(47-43-58)88-74-37-20-18-32-67(74)70-51-54(2)39-49-76(70)88/h3-52H,1-2H3. The van der Waals surface area contributed by atoms with Gasteiger partial charge in [0.05, 0.1) is 33.5 Å². The van der Waals surface area contributed by atoms with Crippen LogP contribution in [0.2, 0.25) is 0 Å². The molecule has 0 unspecified atom stereocenters. The Morgan fingerprint density at radius 1 is 0.239 bits per heavy atom. The maximum atomic E-state index is 6.00. The number of pyridine rings is 1. The van der Waals surface area contributed by atoms with Gasteiger partial charge in [-0.15, -0.1) is 0 Å². The lowest BCUT2D eigenvalue weighted by molar-refractivity contribution is 1.07. The molecule has 0 bridgehead atoms. The van der Waals surface area contributed by atoms with Crippen LogP contribution in [0.3, 0.4) is 0 Å². The minimum atomic E-state index is 0.560. The molecule has 414 valence electrons. The second-order valence-corrected chi connectivity index (χ2v) is 22.7. The highest BCUT2D eigenvalue weighted by molar-refractivity contribution is 6.11. The molecule has 0 aliphatic carbocycles. The van der Waals surface area contributed by atoms with Crippen molar-refractivity contribution in [2.75, 3.05) is 0 Å². The van der Waals surface area contributed by atoms with Crippen LogP contribution in [-0.2, 0) is 0 Å². The maximum Gasteiger partial charge on any atom is 0.164 e. The van der Waals surface area contributed by atoms with E-state index < -0.39 is 0 Å². The Kier molecular flexibility index (Phi) is 12.9. The van der Waals surface area contributed by atoms with E-state index >= 15 is 0 Å². The number of rotatable bonds is 11. The van der Waals surface area contributed by atoms with Crippen LogP contribution in [0.1, 0.15) is 11.1 Å². The minimum Gasteiger partial charge on any atom is -0.309 e. The highest BCUT2D eigenvalue weighted by Crippen LogP contribution is 2.51.